The molecule has 0 fully saturated rings. The van der Waals surface area contributed by atoms with Crippen LogP contribution in [0.25, 0.3) is 0 Å². The third-order valence-electron chi connectivity index (χ3n) is 3.22. The molecular formula is C13H18OSSn. The van der Waals surface area contributed by atoms with Crippen molar-refractivity contribution in [2.75, 3.05) is 0 Å². The van der Waals surface area contributed by atoms with Crippen molar-refractivity contribution in [2.24, 2.45) is 0 Å². The van der Waals surface area contributed by atoms with Crippen LogP contribution in [0.1, 0.15) is 30.4 Å². The van der Waals surface area contributed by atoms with E-state index in [1.807, 2.05) is 17.5 Å². The molecule has 1 nitrogen and oxygen atoms in total. The summed E-state index contributed by atoms with van der Waals surface area (Å²) in [7, 11) is 0. The maximum atomic E-state index is 11.8. The van der Waals surface area contributed by atoms with Crippen LogP contribution in [0.3, 0.4) is 0 Å². The quantitative estimate of drug-likeness (QED) is 0.460. The Morgan fingerprint density at radius 3 is 2.38 bits per heavy atom. The zero-order valence-corrected chi connectivity index (χ0v) is 13.8. The summed E-state index contributed by atoms with van der Waals surface area (Å²) >= 11 is -0.758. The van der Waals surface area contributed by atoms with Gasteiger partial charge in [-0.05, 0) is 0 Å². The third-order valence-corrected chi connectivity index (χ3v) is 17.5. The summed E-state index contributed by atoms with van der Waals surface area (Å²) in [5.41, 5.74) is 0. The van der Waals surface area contributed by atoms with Gasteiger partial charge in [0.2, 0.25) is 0 Å². The molecule has 0 atom stereocenters. The van der Waals surface area contributed by atoms with E-state index in [9.17, 15) is 4.79 Å². The fourth-order valence-corrected chi connectivity index (χ4v) is 9.17. The van der Waals surface area contributed by atoms with Crippen molar-refractivity contribution in [3.05, 3.63) is 22.4 Å². The molecule has 0 bridgehead atoms. The molecule has 16 heavy (non-hydrogen) atoms. The van der Waals surface area contributed by atoms with Crippen LogP contribution < -0.4 is 0 Å². The van der Waals surface area contributed by atoms with E-state index in [0.717, 1.165) is 4.88 Å². The van der Waals surface area contributed by atoms with Gasteiger partial charge in [0.05, 0.1) is 0 Å². The Morgan fingerprint density at radius 1 is 1.31 bits per heavy atom. The van der Waals surface area contributed by atoms with Crippen LogP contribution >= 0.6 is 11.3 Å². The Hall–Kier alpha value is -0.271. The summed E-state index contributed by atoms with van der Waals surface area (Å²) in [6.45, 7) is 6.69. The van der Waals surface area contributed by atoms with Crippen LogP contribution in [0.5, 0.6) is 0 Å². The van der Waals surface area contributed by atoms with E-state index in [-0.39, 0.29) is 5.78 Å². The second-order valence-electron chi connectivity index (χ2n) is 3.90. The van der Waals surface area contributed by atoms with Crippen molar-refractivity contribution < 1.29 is 4.79 Å². The summed E-state index contributed by atoms with van der Waals surface area (Å²) in [5.74, 6) is 2.90. The number of thiophene rings is 1. The number of hydrogen-bond acceptors (Lipinski definition) is 2. The molecule has 1 heterocycles. The van der Waals surface area contributed by atoms with Gasteiger partial charge in [0.25, 0.3) is 0 Å². The van der Waals surface area contributed by atoms with E-state index in [1.165, 1.54) is 24.6 Å². The Kier molecular flexibility index (Phi) is 5.57. The van der Waals surface area contributed by atoms with E-state index in [4.69, 9.17) is 0 Å². The molecule has 0 saturated carbocycles. The molecule has 0 aliphatic carbocycles. The fourth-order valence-electron chi connectivity index (χ4n) is 1.67. The van der Waals surface area contributed by atoms with Crippen LogP contribution in [-0.2, 0) is 0 Å². The minimum atomic E-state index is -2.23. The zero-order chi connectivity index (χ0) is 12.0. The second kappa shape index (κ2) is 6.46. The van der Waals surface area contributed by atoms with Gasteiger partial charge in [0, 0.05) is 0 Å². The molecule has 0 saturated heterocycles. The van der Waals surface area contributed by atoms with Gasteiger partial charge in [-0.15, -0.1) is 0 Å². The number of Topliss-reactive ketones (excluding diaryl/α,β-unsaturated/α-hetero) is 1. The number of rotatable bonds is 4. The molecule has 1 aromatic heterocycles. The van der Waals surface area contributed by atoms with Gasteiger partial charge in [-0.2, -0.15) is 0 Å². The van der Waals surface area contributed by atoms with Gasteiger partial charge in [0.1, 0.15) is 0 Å². The molecule has 0 amide bonds. The molecule has 0 spiro atoms. The molecule has 0 unspecified atom stereocenters. The molecule has 86 valence electrons. The Balaban J connectivity index is 2.84. The number of carbonyl (C=O) groups is 1. The van der Waals surface area contributed by atoms with Crippen LogP contribution in [-0.4, -0.2) is 24.2 Å². The summed E-state index contributed by atoms with van der Waals surface area (Å²) in [6.07, 6.45) is 0. The van der Waals surface area contributed by atoms with Gasteiger partial charge in [-0.1, -0.05) is 0 Å². The standard InChI is InChI=1S/C7H3OS.3C2H5.Sn/c1-2-6(8)7-4-3-5-9-7;3*1-2;/h3-5H;3*1H2,2H3;. The van der Waals surface area contributed by atoms with Crippen molar-refractivity contribution in [3.8, 4) is 9.86 Å². The van der Waals surface area contributed by atoms with E-state index in [0.29, 0.717) is 0 Å². The first-order valence-electron chi connectivity index (χ1n) is 5.78. The van der Waals surface area contributed by atoms with Crippen molar-refractivity contribution in [2.45, 2.75) is 34.1 Å². The molecule has 0 aliphatic heterocycles. The molecular weight excluding hydrogens is 323 g/mol. The van der Waals surface area contributed by atoms with Gasteiger partial charge >= 0.3 is 107 Å². The van der Waals surface area contributed by atoms with Crippen LogP contribution in [0.2, 0.25) is 13.3 Å². The van der Waals surface area contributed by atoms with Gasteiger partial charge in [0.15, 0.2) is 0 Å². The number of carbonyl (C=O) groups excluding carboxylic acids is 1. The number of ketones is 1. The van der Waals surface area contributed by atoms with E-state index < -0.39 is 18.4 Å². The summed E-state index contributed by atoms with van der Waals surface area (Å²) < 4.78 is 7.03. The number of hydrogen-bond donors (Lipinski definition) is 0. The van der Waals surface area contributed by atoms with E-state index in [1.54, 1.807) is 0 Å². The molecule has 3 heteroatoms. The van der Waals surface area contributed by atoms with Gasteiger partial charge < -0.3 is 0 Å². The fraction of sp³-hybridized carbons (Fsp3) is 0.462. The first-order valence-corrected chi connectivity index (χ1v) is 14.1. The summed E-state index contributed by atoms with van der Waals surface area (Å²) in [4.78, 5) is 12.5. The van der Waals surface area contributed by atoms with Crippen molar-refractivity contribution >= 4 is 35.5 Å². The Bertz CT molecular complexity index is 385. The van der Waals surface area contributed by atoms with Crippen LogP contribution in [0, 0.1) is 9.86 Å². The van der Waals surface area contributed by atoms with Crippen molar-refractivity contribution in [3.63, 3.8) is 0 Å². The van der Waals surface area contributed by atoms with Crippen molar-refractivity contribution in [1.82, 2.24) is 0 Å². The predicted molar refractivity (Wildman–Crippen MR) is 73.6 cm³/mol. The van der Waals surface area contributed by atoms with Gasteiger partial charge in [-0.3, -0.25) is 0 Å². The monoisotopic (exact) mass is 342 g/mol. The third kappa shape index (κ3) is 3.36. The first-order chi connectivity index (χ1) is 7.67. The topological polar surface area (TPSA) is 17.1 Å². The molecule has 0 N–H and O–H groups in total. The summed E-state index contributed by atoms with van der Waals surface area (Å²) in [5, 5.41) is 1.92. The van der Waals surface area contributed by atoms with E-state index >= 15 is 0 Å². The van der Waals surface area contributed by atoms with Crippen molar-refractivity contribution in [1.29, 1.82) is 0 Å². The average molecular weight is 341 g/mol. The molecule has 0 radical (unpaired) electrons. The normalized spacial score (nSPS) is 10.7. The van der Waals surface area contributed by atoms with Crippen LogP contribution in [0.15, 0.2) is 17.5 Å². The zero-order valence-electron chi connectivity index (χ0n) is 10.2. The molecule has 0 aromatic carbocycles. The molecule has 1 rings (SSSR count). The Morgan fingerprint density at radius 2 is 1.94 bits per heavy atom. The SMILES string of the molecule is C[CH2][Sn]([C]#CC(=O)c1cccs1)([CH2]C)[CH2]C. The molecule has 1 aromatic rings. The average Bonchev–Trinajstić information content (AvgIpc) is 2.85. The maximum absolute atomic E-state index is 11.8. The predicted octanol–water partition coefficient (Wildman–Crippen LogP) is 3.98. The van der Waals surface area contributed by atoms with Crippen LogP contribution in [0.4, 0.5) is 0 Å². The molecule has 0 aliphatic rings. The first kappa shape index (κ1) is 13.8. The minimum absolute atomic E-state index is 0.00595. The Labute approximate surface area is 106 Å². The second-order valence-corrected chi connectivity index (χ2v) is 18.9. The summed E-state index contributed by atoms with van der Waals surface area (Å²) in [6, 6.07) is 3.75. The van der Waals surface area contributed by atoms with Gasteiger partial charge in [-0.25, -0.2) is 0 Å². The van der Waals surface area contributed by atoms with E-state index in [2.05, 4.69) is 30.6 Å².